The molecule has 1 fully saturated rings. The van der Waals surface area contributed by atoms with Crippen molar-refractivity contribution in [1.29, 1.82) is 0 Å². The third kappa shape index (κ3) is 6.11. The van der Waals surface area contributed by atoms with Crippen LogP contribution in [0, 0.1) is 5.92 Å². The summed E-state index contributed by atoms with van der Waals surface area (Å²) in [5.41, 5.74) is 7.65. The molecule has 7 nitrogen and oxygen atoms in total. The van der Waals surface area contributed by atoms with Crippen LogP contribution in [-0.4, -0.2) is 34.3 Å². The number of carbonyl (C=O) groups is 3. The standard InChI is InChI=1S/C23H26N4O3S/c1-15(2)17-8-10-18(11-9-17)21(29)24-23(31)26-25-22(30)19-12-20(28)27(14-19)13-16-6-4-3-5-7-16/h3-11,15,19H,12-14H2,1-2H3,(H,25,30)(H2,24,26,29,31). The normalized spacial score (nSPS) is 15.6. The van der Waals surface area contributed by atoms with E-state index in [0.29, 0.717) is 24.6 Å². The van der Waals surface area contributed by atoms with E-state index in [0.717, 1.165) is 11.1 Å². The molecular weight excluding hydrogens is 412 g/mol. The van der Waals surface area contributed by atoms with E-state index in [1.54, 1.807) is 17.0 Å². The minimum atomic E-state index is -0.481. The number of hydrogen-bond donors (Lipinski definition) is 3. The van der Waals surface area contributed by atoms with Crippen molar-refractivity contribution in [2.24, 2.45) is 5.92 Å². The molecule has 0 bridgehead atoms. The van der Waals surface area contributed by atoms with E-state index < -0.39 is 5.92 Å². The first-order valence-electron chi connectivity index (χ1n) is 10.2. The smallest absolute Gasteiger partial charge is 0.257 e. The van der Waals surface area contributed by atoms with Crippen LogP contribution in [0.5, 0.6) is 0 Å². The predicted molar refractivity (Wildman–Crippen MR) is 122 cm³/mol. The Morgan fingerprint density at radius 3 is 2.39 bits per heavy atom. The van der Waals surface area contributed by atoms with Gasteiger partial charge in [0.1, 0.15) is 0 Å². The molecule has 2 aromatic carbocycles. The lowest BCUT2D eigenvalue weighted by Gasteiger charge is -2.17. The van der Waals surface area contributed by atoms with E-state index >= 15 is 0 Å². The lowest BCUT2D eigenvalue weighted by molar-refractivity contribution is -0.129. The molecular formula is C23H26N4O3S. The molecule has 0 aliphatic carbocycles. The first-order valence-corrected chi connectivity index (χ1v) is 10.6. The molecule has 3 amide bonds. The van der Waals surface area contributed by atoms with Crippen LogP contribution in [0.15, 0.2) is 54.6 Å². The molecule has 1 aliphatic heterocycles. The molecule has 1 atom stereocenters. The lowest BCUT2D eigenvalue weighted by atomic mass is 10.0. The summed E-state index contributed by atoms with van der Waals surface area (Å²) < 4.78 is 0. The molecule has 2 aromatic rings. The van der Waals surface area contributed by atoms with Gasteiger partial charge in [0.15, 0.2) is 5.11 Å². The molecule has 3 rings (SSSR count). The van der Waals surface area contributed by atoms with Crippen molar-refractivity contribution in [3.63, 3.8) is 0 Å². The van der Waals surface area contributed by atoms with E-state index in [9.17, 15) is 14.4 Å². The van der Waals surface area contributed by atoms with Crippen LogP contribution < -0.4 is 16.2 Å². The SMILES string of the molecule is CC(C)c1ccc(C(=O)NC(=S)NNC(=O)C2CC(=O)N(Cc3ccccc3)C2)cc1. The highest BCUT2D eigenvalue weighted by Gasteiger charge is 2.34. The predicted octanol–water partition coefficient (Wildman–Crippen LogP) is 2.49. The molecule has 31 heavy (non-hydrogen) atoms. The molecule has 1 saturated heterocycles. The molecule has 1 heterocycles. The third-order valence-electron chi connectivity index (χ3n) is 5.17. The number of nitrogens with zero attached hydrogens (tertiary/aromatic N) is 1. The Labute approximate surface area is 187 Å². The van der Waals surface area contributed by atoms with Crippen molar-refractivity contribution < 1.29 is 14.4 Å². The second-order valence-corrected chi connectivity index (χ2v) is 8.24. The third-order valence-corrected chi connectivity index (χ3v) is 5.37. The highest BCUT2D eigenvalue weighted by atomic mass is 32.1. The van der Waals surface area contributed by atoms with E-state index in [2.05, 4.69) is 30.0 Å². The number of hydrazine groups is 1. The summed E-state index contributed by atoms with van der Waals surface area (Å²) in [4.78, 5) is 38.6. The average Bonchev–Trinajstić information content (AvgIpc) is 3.13. The Morgan fingerprint density at radius 2 is 1.74 bits per heavy atom. The van der Waals surface area contributed by atoms with Crippen LogP contribution in [0.1, 0.15) is 47.7 Å². The van der Waals surface area contributed by atoms with Crippen molar-refractivity contribution in [3.05, 3.63) is 71.3 Å². The molecule has 1 aliphatic rings. The molecule has 3 N–H and O–H groups in total. The Morgan fingerprint density at radius 1 is 1.06 bits per heavy atom. The van der Waals surface area contributed by atoms with Gasteiger partial charge in [0.2, 0.25) is 11.8 Å². The topological polar surface area (TPSA) is 90.5 Å². The van der Waals surface area contributed by atoms with Gasteiger partial charge in [0.05, 0.1) is 5.92 Å². The van der Waals surface area contributed by atoms with Crippen molar-refractivity contribution >= 4 is 35.1 Å². The number of amides is 3. The largest absolute Gasteiger partial charge is 0.338 e. The minimum absolute atomic E-state index is 0.0169. The summed E-state index contributed by atoms with van der Waals surface area (Å²) >= 11 is 5.09. The van der Waals surface area contributed by atoms with Crippen LogP contribution >= 0.6 is 12.2 Å². The summed E-state index contributed by atoms with van der Waals surface area (Å²) in [6.07, 6.45) is 0.141. The number of thiocarbonyl (C=S) groups is 1. The van der Waals surface area contributed by atoms with Crippen LogP contribution in [0.25, 0.3) is 0 Å². The number of likely N-dealkylation sites (tertiary alicyclic amines) is 1. The fourth-order valence-corrected chi connectivity index (χ4v) is 3.49. The van der Waals surface area contributed by atoms with Gasteiger partial charge in [-0.05, 0) is 41.4 Å². The first kappa shape index (κ1) is 22.4. The summed E-state index contributed by atoms with van der Waals surface area (Å²) in [6, 6.07) is 16.9. The average molecular weight is 439 g/mol. The van der Waals surface area contributed by atoms with Gasteiger partial charge < -0.3 is 4.90 Å². The van der Waals surface area contributed by atoms with Crippen molar-refractivity contribution in [1.82, 2.24) is 21.1 Å². The maximum Gasteiger partial charge on any atom is 0.257 e. The summed E-state index contributed by atoms with van der Waals surface area (Å²) in [7, 11) is 0. The highest BCUT2D eigenvalue weighted by molar-refractivity contribution is 7.80. The fourth-order valence-electron chi connectivity index (χ4n) is 3.35. The molecule has 0 radical (unpaired) electrons. The zero-order valence-corrected chi connectivity index (χ0v) is 18.4. The Bertz CT molecular complexity index is 961. The van der Waals surface area contributed by atoms with Gasteiger partial charge in [-0.2, -0.15) is 0 Å². The summed E-state index contributed by atoms with van der Waals surface area (Å²) in [5, 5.41) is 2.51. The quantitative estimate of drug-likeness (QED) is 0.493. The van der Waals surface area contributed by atoms with Crippen LogP contribution in [0.3, 0.4) is 0 Å². The molecule has 0 aromatic heterocycles. The number of benzene rings is 2. The van der Waals surface area contributed by atoms with E-state index in [4.69, 9.17) is 12.2 Å². The van der Waals surface area contributed by atoms with Gasteiger partial charge in [-0.25, -0.2) is 0 Å². The maximum absolute atomic E-state index is 12.4. The lowest BCUT2D eigenvalue weighted by Crippen LogP contribution is -2.50. The molecule has 0 saturated carbocycles. The van der Waals surface area contributed by atoms with Crippen LogP contribution in [-0.2, 0) is 16.1 Å². The molecule has 162 valence electrons. The van der Waals surface area contributed by atoms with Gasteiger partial charge in [0, 0.05) is 25.1 Å². The zero-order valence-electron chi connectivity index (χ0n) is 17.6. The minimum Gasteiger partial charge on any atom is -0.338 e. The molecule has 0 spiro atoms. The van der Waals surface area contributed by atoms with Gasteiger partial charge >= 0.3 is 0 Å². The molecule has 1 unspecified atom stereocenters. The van der Waals surface area contributed by atoms with Gasteiger partial charge in [0.25, 0.3) is 5.91 Å². The number of nitrogens with one attached hydrogen (secondary N) is 3. The van der Waals surface area contributed by atoms with E-state index in [-0.39, 0.29) is 29.3 Å². The second kappa shape index (κ2) is 10.2. The van der Waals surface area contributed by atoms with Crippen molar-refractivity contribution in [2.75, 3.05) is 6.54 Å². The monoisotopic (exact) mass is 438 g/mol. The van der Waals surface area contributed by atoms with Crippen LogP contribution in [0.4, 0.5) is 0 Å². The summed E-state index contributed by atoms with van der Waals surface area (Å²) in [6.45, 7) is 4.97. The Kier molecular flexibility index (Phi) is 7.36. The van der Waals surface area contributed by atoms with Crippen LogP contribution in [0.2, 0.25) is 0 Å². The Hall–Kier alpha value is -3.26. The maximum atomic E-state index is 12.4. The van der Waals surface area contributed by atoms with Crippen molar-refractivity contribution in [3.8, 4) is 0 Å². The highest BCUT2D eigenvalue weighted by Crippen LogP contribution is 2.20. The number of carbonyl (C=O) groups excluding carboxylic acids is 3. The number of rotatable bonds is 5. The molecule has 8 heteroatoms. The first-order chi connectivity index (χ1) is 14.8. The van der Waals surface area contributed by atoms with Gasteiger partial charge in [-0.15, -0.1) is 0 Å². The second-order valence-electron chi connectivity index (χ2n) is 7.84. The zero-order chi connectivity index (χ0) is 22.4. The fraction of sp³-hybridized carbons (Fsp3) is 0.304. The number of hydrogen-bond acceptors (Lipinski definition) is 4. The van der Waals surface area contributed by atoms with E-state index in [1.807, 2.05) is 42.5 Å². The van der Waals surface area contributed by atoms with E-state index in [1.165, 1.54) is 0 Å². The Balaban J connectivity index is 1.45. The summed E-state index contributed by atoms with van der Waals surface area (Å²) in [5.74, 6) is -0.884. The van der Waals surface area contributed by atoms with Crippen molar-refractivity contribution in [2.45, 2.75) is 32.7 Å². The van der Waals surface area contributed by atoms with Gasteiger partial charge in [-0.1, -0.05) is 56.3 Å². The van der Waals surface area contributed by atoms with Gasteiger partial charge in [-0.3, -0.25) is 30.6 Å².